The molecule has 1 saturated carbocycles. The maximum absolute atomic E-state index is 11.4. The summed E-state index contributed by atoms with van der Waals surface area (Å²) in [5, 5.41) is 3.16. The highest BCUT2D eigenvalue weighted by molar-refractivity contribution is 9.10. The Morgan fingerprint density at radius 2 is 2.25 bits per heavy atom. The van der Waals surface area contributed by atoms with Crippen molar-refractivity contribution in [1.82, 2.24) is 5.32 Å². The van der Waals surface area contributed by atoms with Crippen molar-refractivity contribution in [1.29, 1.82) is 0 Å². The van der Waals surface area contributed by atoms with Gasteiger partial charge in [-0.2, -0.15) is 0 Å². The highest BCUT2D eigenvalue weighted by Gasteiger charge is 2.41. The summed E-state index contributed by atoms with van der Waals surface area (Å²) in [7, 11) is 0. The van der Waals surface area contributed by atoms with Crippen LogP contribution in [-0.2, 0) is 4.79 Å². The van der Waals surface area contributed by atoms with Gasteiger partial charge in [-0.25, -0.2) is 0 Å². The molecule has 0 spiro atoms. The largest absolute Gasteiger partial charge is 0.350 e. The Labute approximate surface area is 85.5 Å². The van der Waals surface area contributed by atoms with E-state index < -0.39 is 0 Å². The van der Waals surface area contributed by atoms with Crippen LogP contribution in [0, 0.1) is 0 Å². The van der Waals surface area contributed by atoms with E-state index in [-0.39, 0.29) is 10.2 Å². The lowest BCUT2D eigenvalue weighted by Gasteiger charge is -2.34. The van der Waals surface area contributed by atoms with Crippen molar-refractivity contribution in [3.63, 3.8) is 0 Å². The second kappa shape index (κ2) is 3.79. The van der Waals surface area contributed by atoms with Crippen LogP contribution >= 0.6 is 27.5 Å². The fourth-order valence-corrected chi connectivity index (χ4v) is 1.82. The lowest BCUT2D eigenvalue weighted by Crippen LogP contribution is -2.47. The topological polar surface area (TPSA) is 29.1 Å². The van der Waals surface area contributed by atoms with Crippen molar-refractivity contribution in [3.8, 4) is 0 Å². The van der Waals surface area contributed by atoms with Gasteiger partial charge in [0.1, 0.15) is 4.32 Å². The molecule has 2 nitrogen and oxygen atoms in total. The number of nitrogens with one attached hydrogen (secondary N) is 1. The van der Waals surface area contributed by atoms with Gasteiger partial charge in [-0.05, 0) is 19.3 Å². The molecule has 1 aliphatic rings. The van der Waals surface area contributed by atoms with Crippen molar-refractivity contribution in [2.75, 3.05) is 6.54 Å². The number of halogens is 2. The van der Waals surface area contributed by atoms with E-state index >= 15 is 0 Å². The minimum atomic E-state index is -0.320. The van der Waals surface area contributed by atoms with E-state index in [0.29, 0.717) is 11.6 Å². The van der Waals surface area contributed by atoms with Crippen molar-refractivity contribution < 1.29 is 4.79 Å². The first-order chi connectivity index (χ1) is 5.54. The second-order valence-corrected chi connectivity index (χ2v) is 5.07. The van der Waals surface area contributed by atoms with Crippen LogP contribution in [0.2, 0.25) is 0 Å². The quantitative estimate of drug-likeness (QED) is 0.767. The number of hydrogen-bond acceptors (Lipinski definition) is 1. The second-order valence-electron chi connectivity index (χ2n) is 3.02. The Balaban J connectivity index is 2.33. The molecule has 0 aromatic rings. The molecule has 0 unspecified atom stereocenters. The highest BCUT2D eigenvalue weighted by Crippen LogP contribution is 2.40. The molecular weight excluding hydrogens is 241 g/mol. The highest BCUT2D eigenvalue weighted by atomic mass is 79.9. The molecule has 1 N–H and O–H groups in total. The first-order valence-electron chi connectivity index (χ1n) is 3.85. The lowest BCUT2D eigenvalue weighted by molar-refractivity contribution is -0.124. The van der Waals surface area contributed by atoms with E-state index in [1.165, 1.54) is 0 Å². The Morgan fingerprint density at radius 1 is 1.67 bits per heavy atom. The summed E-state index contributed by atoms with van der Waals surface area (Å²) in [6, 6.07) is 0. The van der Waals surface area contributed by atoms with Crippen molar-refractivity contribution in [2.24, 2.45) is 0 Å². The van der Waals surface area contributed by atoms with Gasteiger partial charge < -0.3 is 5.32 Å². The minimum absolute atomic E-state index is 0.0237. The zero-order valence-corrected chi connectivity index (χ0v) is 9.04. The Bertz CT molecular complexity index is 213. The van der Waals surface area contributed by atoms with Crippen molar-refractivity contribution in [3.05, 3.63) is 11.6 Å². The third-order valence-electron chi connectivity index (χ3n) is 1.99. The first kappa shape index (κ1) is 10.1. The molecule has 0 atom stereocenters. The SMILES string of the molecule is C=C(Cl)CNC(=O)C1(Br)CCC1. The number of carbonyl (C=O) groups is 1. The summed E-state index contributed by atoms with van der Waals surface area (Å²) in [6.45, 7) is 3.84. The summed E-state index contributed by atoms with van der Waals surface area (Å²) >= 11 is 8.91. The average Bonchev–Trinajstić information content (AvgIpc) is 1.95. The molecule has 68 valence electrons. The first-order valence-corrected chi connectivity index (χ1v) is 5.02. The van der Waals surface area contributed by atoms with Gasteiger partial charge in [-0.1, -0.05) is 34.1 Å². The maximum Gasteiger partial charge on any atom is 0.237 e. The molecule has 0 aromatic carbocycles. The number of rotatable bonds is 3. The predicted octanol–water partition coefficient (Wildman–Crippen LogP) is 2.17. The van der Waals surface area contributed by atoms with Gasteiger partial charge in [0, 0.05) is 5.03 Å². The van der Waals surface area contributed by atoms with Crippen LogP contribution in [0.1, 0.15) is 19.3 Å². The van der Waals surface area contributed by atoms with Crippen LogP contribution in [0.15, 0.2) is 11.6 Å². The third kappa shape index (κ3) is 2.23. The number of amides is 1. The molecule has 0 heterocycles. The van der Waals surface area contributed by atoms with Crippen LogP contribution in [0.5, 0.6) is 0 Å². The lowest BCUT2D eigenvalue weighted by atomic mass is 9.84. The molecule has 0 aliphatic heterocycles. The fraction of sp³-hybridized carbons (Fsp3) is 0.625. The van der Waals surface area contributed by atoms with Crippen LogP contribution < -0.4 is 5.32 Å². The average molecular weight is 253 g/mol. The molecule has 0 saturated heterocycles. The fourth-order valence-electron chi connectivity index (χ4n) is 1.05. The molecule has 1 amide bonds. The Morgan fingerprint density at radius 3 is 2.58 bits per heavy atom. The van der Waals surface area contributed by atoms with Gasteiger partial charge in [0.15, 0.2) is 0 Å². The summed E-state index contributed by atoms with van der Waals surface area (Å²) < 4.78 is -0.320. The molecule has 12 heavy (non-hydrogen) atoms. The van der Waals surface area contributed by atoms with E-state index in [0.717, 1.165) is 19.3 Å². The van der Waals surface area contributed by atoms with Gasteiger partial charge in [0.05, 0.1) is 6.54 Å². The Kier molecular flexibility index (Phi) is 3.18. The standard InChI is InChI=1S/C8H11BrClNO/c1-6(10)5-11-7(12)8(9)3-2-4-8/h1-5H2,(H,11,12). The molecule has 1 rings (SSSR count). The molecule has 0 bridgehead atoms. The van der Waals surface area contributed by atoms with E-state index in [1.807, 2.05) is 0 Å². The van der Waals surface area contributed by atoms with E-state index in [4.69, 9.17) is 11.6 Å². The third-order valence-corrected chi connectivity index (χ3v) is 3.28. The van der Waals surface area contributed by atoms with E-state index in [2.05, 4.69) is 27.8 Å². The summed E-state index contributed by atoms with van der Waals surface area (Å²) in [6.07, 6.45) is 2.93. The maximum atomic E-state index is 11.4. The van der Waals surface area contributed by atoms with Crippen LogP contribution in [0.25, 0.3) is 0 Å². The minimum Gasteiger partial charge on any atom is -0.350 e. The van der Waals surface area contributed by atoms with Crippen LogP contribution in [0.3, 0.4) is 0 Å². The predicted molar refractivity (Wildman–Crippen MR) is 53.5 cm³/mol. The van der Waals surface area contributed by atoms with Crippen molar-refractivity contribution in [2.45, 2.75) is 23.6 Å². The summed E-state index contributed by atoms with van der Waals surface area (Å²) in [4.78, 5) is 11.4. The number of alkyl halides is 1. The van der Waals surface area contributed by atoms with Gasteiger partial charge in [-0.3, -0.25) is 4.79 Å². The van der Waals surface area contributed by atoms with Gasteiger partial charge in [-0.15, -0.1) is 0 Å². The van der Waals surface area contributed by atoms with Crippen molar-refractivity contribution >= 4 is 33.4 Å². The van der Waals surface area contributed by atoms with Gasteiger partial charge >= 0.3 is 0 Å². The van der Waals surface area contributed by atoms with Gasteiger partial charge in [0.2, 0.25) is 5.91 Å². The zero-order chi connectivity index (χ0) is 9.19. The zero-order valence-electron chi connectivity index (χ0n) is 6.70. The molecule has 1 fully saturated rings. The van der Waals surface area contributed by atoms with E-state index in [9.17, 15) is 4.79 Å². The molecule has 0 radical (unpaired) electrons. The monoisotopic (exact) mass is 251 g/mol. The van der Waals surface area contributed by atoms with E-state index in [1.54, 1.807) is 0 Å². The molecule has 4 heteroatoms. The van der Waals surface area contributed by atoms with Gasteiger partial charge in [0.25, 0.3) is 0 Å². The molecule has 1 aliphatic carbocycles. The Hall–Kier alpha value is -0.0200. The summed E-state index contributed by atoms with van der Waals surface area (Å²) in [5.74, 6) is 0.0237. The smallest absolute Gasteiger partial charge is 0.237 e. The summed E-state index contributed by atoms with van der Waals surface area (Å²) in [5.41, 5.74) is 0. The molecule has 0 aromatic heterocycles. The normalized spacial score (nSPS) is 19.5. The van der Waals surface area contributed by atoms with Crippen LogP contribution in [-0.4, -0.2) is 16.8 Å². The number of hydrogen-bond donors (Lipinski definition) is 1. The number of carbonyl (C=O) groups excluding carboxylic acids is 1. The molecular formula is C8H11BrClNO. The van der Waals surface area contributed by atoms with Crippen LogP contribution in [0.4, 0.5) is 0 Å².